The second kappa shape index (κ2) is 8.01. The highest BCUT2D eigenvalue weighted by Gasteiger charge is 2.16. The molecule has 0 saturated carbocycles. The zero-order valence-electron chi connectivity index (χ0n) is 16.3. The maximum atomic E-state index is 13.6. The van der Waals surface area contributed by atoms with E-state index in [4.69, 9.17) is 16.3 Å². The molecule has 5 aromatic rings. The van der Waals surface area contributed by atoms with Crippen LogP contribution in [0.25, 0.3) is 33.5 Å². The van der Waals surface area contributed by atoms with Gasteiger partial charge >= 0.3 is 0 Å². The molecule has 7 nitrogen and oxygen atoms in total. The average molecular weight is 454 g/mol. The molecule has 5 rings (SSSR count). The first-order valence-electron chi connectivity index (χ1n) is 9.53. The molecule has 0 amide bonds. The third-order valence-corrected chi connectivity index (χ3v) is 5.12. The molecule has 0 bridgehead atoms. The van der Waals surface area contributed by atoms with Gasteiger partial charge in [0.1, 0.15) is 6.33 Å². The lowest BCUT2D eigenvalue weighted by atomic mass is 10.1. The number of pyridine rings is 3. The SMILES string of the molecule is O=c1c(-c2ccc3nncn3c2)cc2ccc(OCC(F)F)nc2n1-c1ccc(Cl)cc1. The Bertz CT molecular complexity index is 1500. The lowest BCUT2D eigenvalue weighted by molar-refractivity contribution is 0.0797. The highest BCUT2D eigenvalue weighted by Crippen LogP contribution is 2.25. The first-order valence-corrected chi connectivity index (χ1v) is 9.91. The van der Waals surface area contributed by atoms with Crippen LogP contribution in [0, 0.1) is 0 Å². The first kappa shape index (κ1) is 20.1. The van der Waals surface area contributed by atoms with Gasteiger partial charge in [0.05, 0.1) is 5.69 Å². The van der Waals surface area contributed by atoms with Crippen molar-refractivity contribution in [3.8, 4) is 22.7 Å². The van der Waals surface area contributed by atoms with E-state index in [0.717, 1.165) is 0 Å². The number of ether oxygens (including phenoxy) is 1. The van der Waals surface area contributed by atoms with Crippen molar-refractivity contribution < 1.29 is 13.5 Å². The van der Waals surface area contributed by atoms with Gasteiger partial charge in [0.25, 0.3) is 12.0 Å². The van der Waals surface area contributed by atoms with Gasteiger partial charge < -0.3 is 4.74 Å². The van der Waals surface area contributed by atoms with Crippen LogP contribution in [0.2, 0.25) is 5.02 Å². The molecule has 10 heteroatoms. The third-order valence-electron chi connectivity index (χ3n) is 4.87. The summed E-state index contributed by atoms with van der Waals surface area (Å²) in [7, 11) is 0. The zero-order valence-corrected chi connectivity index (χ0v) is 17.1. The van der Waals surface area contributed by atoms with Gasteiger partial charge in [-0.05, 0) is 48.5 Å². The number of aromatic nitrogens is 5. The smallest absolute Gasteiger partial charge is 0.272 e. The molecule has 1 aromatic carbocycles. The number of hydrogen-bond acceptors (Lipinski definition) is 5. The van der Waals surface area contributed by atoms with Crippen LogP contribution in [-0.4, -0.2) is 37.2 Å². The van der Waals surface area contributed by atoms with Crippen molar-refractivity contribution in [1.29, 1.82) is 0 Å². The first-order chi connectivity index (χ1) is 15.5. The summed E-state index contributed by atoms with van der Waals surface area (Å²) in [6.45, 7) is -0.791. The molecule has 0 atom stereocenters. The van der Waals surface area contributed by atoms with Crippen LogP contribution >= 0.6 is 11.6 Å². The number of fused-ring (bicyclic) bond motifs is 2. The highest BCUT2D eigenvalue weighted by atomic mass is 35.5. The highest BCUT2D eigenvalue weighted by molar-refractivity contribution is 6.30. The summed E-state index contributed by atoms with van der Waals surface area (Å²) in [4.78, 5) is 17.9. The monoisotopic (exact) mass is 453 g/mol. The van der Waals surface area contributed by atoms with Crippen LogP contribution in [0.5, 0.6) is 5.88 Å². The Morgan fingerprint density at radius 2 is 1.88 bits per heavy atom. The largest absolute Gasteiger partial charge is 0.472 e. The fourth-order valence-electron chi connectivity index (χ4n) is 3.42. The predicted octanol–water partition coefficient (Wildman–Crippen LogP) is 4.39. The number of alkyl halides is 2. The molecule has 0 aliphatic rings. The normalized spacial score (nSPS) is 11.5. The minimum atomic E-state index is -2.64. The lowest BCUT2D eigenvalue weighted by Crippen LogP contribution is -2.21. The van der Waals surface area contributed by atoms with E-state index in [2.05, 4.69) is 15.2 Å². The van der Waals surface area contributed by atoms with Crippen molar-refractivity contribution in [1.82, 2.24) is 24.1 Å². The number of rotatable bonds is 5. The lowest BCUT2D eigenvalue weighted by Gasteiger charge is -2.14. The summed E-state index contributed by atoms with van der Waals surface area (Å²) in [6.07, 6.45) is 0.671. The standard InChI is InChI=1S/C22H14ClF2N5O2/c23-15-3-5-16(6-4-15)30-21-13(2-8-20(27-21)32-11-18(24)25)9-17(22(30)31)14-1-7-19-28-26-12-29(19)10-14/h1-10,12,18H,11H2. The minimum Gasteiger partial charge on any atom is -0.472 e. The Labute approximate surface area is 184 Å². The van der Waals surface area contributed by atoms with Gasteiger partial charge in [0, 0.05) is 33.8 Å². The zero-order chi connectivity index (χ0) is 22.2. The predicted molar refractivity (Wildman–Crippen MR) is 116 cm³/mol. The van der Waals surface area contributed by atoms with E-state index in [9.17, 15) is 13.6 Å². The summed E-state index contributed by atoms with van der Waals surface area (Å²) in [6, 6.07) is 15.1. The number of nitrogens with zero attached hydrogens (tertiary/aromatic N) is 5. The molecule has 0 unspecified atom stereocenters. The molecular weight excluding hydrogens is 440 g/mol. The molecule has 4 aromatic heterocycles. The van der Waals surface area contributed by atoms with Crippen LogP contribution in [0.3, 0.4) is 0 Å². The molecule has 0 spiro atoms. The summed E-state index contributed by atoms with van der Waals surface area (Å²) < 4.78 is 33.3. The molecule has 0 radical (unpaired) electrons. The van der Waals surface area contributed by atoms with Gasteiger partial charge in [-0.2, -0.15) is 4.98 Å². The van der Waals surface area contributed by atoms with E-state index < -0.39 is 13.0 Å². The van der Waals surface area contributed by atoms with Gasteiger partial charge in [-0.1, -0.05) is 11.6 Å². The van der Waals surface area contributed by atoms with Gasteiger partial charge in [0.2, 0.25) is 5.88 Å². The van der Waals surface area contributed by atoms with E-state index in [-0.39, 0.29) is 17.1 Å². The van der Waals surface area contributed by atoms with Crippen LogP contribution < -0.4 is 10.3 Å². The van der Waals surface area contributed by atoms with Gasteiger partial charge in [-0.15, -0.1) is 10.2 Å². The fourth-order valence-corrected chi connectivity index (χ4v) is 3.55. The van der Waals surface area contributed by atoms with E-state index >= 15 is 0 Å². The van der Waals surface area contributed by atoms with Gasteiger partial charge in [-0.25, -0.2) is 8.78 Å². The van der Waals surface area contributed by atoms with Crippen molar-refractivity contribution in [2.45, 2.75) is 6.43 Å². The average Bonchev–Trinajstić information content (AvgIpc) is 3.26. The van der Waals surface area contributed by atoms with Crippen molar-refractivity contribution in [3.05, 3.63) is 82.5 Å². The summed E-state index contributed by atoms with van der Waals surface area (Å²) in [5.74, 6) is -0.00132. The molecule has 0 fully saturated rings. The van der Waals surface area contributed by atoms with Crippen LogP contribution in [-0.2, 0) is 0 Å². The second-order valence-electron chi connectivity index (χ2n) is 6.95. The number of benzene rings is 1. The van der Waals surface area contributed by atoms with Gasteiger partial charge in [0.15, 0.2) is 17.9 Å². The van der Waals surface area contributed by atoms with E-state index in [1.807, 2.05) is 0 Å². The van der Waals surface area contributed by atoms with E-state index in [1.165, 1.54) is 10.6 Å². The third kappa shape index (κ3) is 3.67. The Morgan fingerprint density at radius 3 is 2.66 bits per heavy atom. The molecule has 160 valence electrons. The molecule has 4 heterocycles. The maximum Gasteiger partial charge on any atom is 0.272 e. The van der Waals surface area contributed by atoms with Crippen molar-refractivity contribution in [2.75, 3.05) is 6.61 Å². The Hall–Kier alpha value is -3.85. The summed E-state index contributed by atoms with van der Waals surface area (Å²) in [5.41, 5.74) is 2.19. The maximum absolute atomic E-state index is 13.6. The van der Waals surface area contributed by atoms with Crippen molar-refractivity contribution in [2.24, 2.45) is 0 Å². The van der Waals surface area contributed by atoms with Crippen molar-refractivity contribution >= 4 is 28.3 Å². The fraction of sp³-hybridized carbons (Fsp3) is 0.0909. The van der Waals surface area contributed by atoms with Crippen LogP contribution in [0.4, 0.5) is 8.78 Å². The topological polar surface area (TPSA) is 74.3 Å². The van der Waals surface area contributed by atoms with Crippen LogP contribution in [0.1, 0.15) is 0 Å². The molecule has 32 heavy (non-hydrogen) atoms. The molecule has 0 N–H and O–H groups in total. The van der Waals surface area contributed by atoms with E-state index in [0.29, 0.717) is 32.9 Å². The Kier molecular flexibility index (Phi) is 5.02. The minimum absolute atomic E-state index is 0.00132. The molecular formula is C22H14ClF2N5O2. The Balaban J connectivity index is 1.75. The Morgan fingerprint density at radius 1 is 1.06 bits per heavy atom. The summed E-state index contributed by atoms with van der Waals surface area (Å²) >= 11 is 6.02. The molecule has 0 aliphatic carbocycles. The van der Waals surface area contributed by atoms with E-state index in [1.54, 1.807) is 65.5 Å². The molecule has 0 saturated heterocycles. The quantitative estimate of drug-likeness (QED) is 0.394. The number of hydrogen-bond donors (Lipinski definition) is 0. The second-order valence-corrected chi connectivity index (χ2v) is 7.39. The molecule has 0 aliphatic heterocycles. The summed E-state index contributed by atoms with van der Waals surface area (Å²) in [5, 5.41) is 8.98. The number of halogens is 3. The van der Waals surface area contributed by atoms with Crippen LogP contribution in [0.15, 0.2) is 71.9 Å². The van der Waals surface area contributed by atoms with Crippen molar-refractivity contribution in [3.63, 3.8) is 0 Å². The van der Waals surface area contributed by atoms with Gasteiger partial charge in [-0.3, -0.25) is 13.8 Å².